The zero-order chi connectivity index (χ0) is 20.3. The van der Waals surface area contributed by atoms with E-state index in [-0.39, 0.29) is 28.2 Å². The maximum absolute atomic E-state index is 12.7. The van der Waals surface area contributed by atoms with Gasteiger partial charge in [0.1, 0.15) is 4.90 Å². The summed E-state index contributed by atoms with van der Waals surface area (Å²) >= 11 is 0. The fourth-order valence-corrected chi connectivity index (χ4v) is 3.84. The highest BCUT2D eigenvalue weighted by molar-refractivity contribution is 7.87. The lowest BCUT2D eigenvalue weighted by atomic mass is 10.2. The molecule has 2 aromatic rings. The van der Waals surface area contributed by atoms with Crippen molar-refractivity contribution in [3.8, 4) is 11.5 Å². The van der Waals surface area contributed by atoms with Crippen LogP contribution in [0.3, 0.4) is 0 Å². The molecule has 1 aliphatic carbocycles. The minimum atomic E-state index is -4.01. The van der Waals surface area contributed by atoms with Gasteiger partial charge in [0.25, 0.3) is 0 Å². The second-order valence-electron chi connectivity index (χ2n) is 6.73. The average Bonchev–Trinajstić information content (AvgIpc) is 3.49. The standard InChI is InChI=1S/C20H22N2O5S/c1-13-4-5-14(2)19(10-13)28(24,25)27-17-9-6-15(11-18(17)26-3)12-21-22-20(23)16-7-8-16/h4-6,9-12,16H,7-8H2,1-3H3,(H,22,23)/b21-12-. The number of rotatable bonds is 7. The molecule has 0 radical (unpaired) electrons. The van der Waals surface area contributed by atoms with E-state index in [4.69, 9.17) is 8.92 Å². The molecule has 0 aromatic heterocycles. The molecule has 1 fully saturated rings. The van der Waals surface area contributed by atoms with Crippen LogP contribution in [0.25, 0.3) is 0 Å². The third kappa shape index (κ3) is 4.69. The molecule has 0 heterocycles. The van der Waals surface area contributed by atoms with Crippen molar-refractivity contribution in [3.05, 3.63) is 53.1 Å². The van der Waals surface area contributed by atoms with E-state index in [9.17, 15) is 13.2 Å². The summed E-state index contributed by atoms with van der Waals surface area (Å²) in [5.41, 5.74) is 4.52. The highest BCUT2D eigenvalue weighted by atomic mass is 32.2. The third-order valence-corrected chi connectivity index (χ3v) is 5.71. The molecule has 1 N–H and O–H groups in total. The summed E-state index contributed by atoms with van der Waals surface area (Å²) in [7, 11) is -2.59. The Hall–Kier alpha value is -2.87. The Labute approximate surface area is 164 Å². The van der Waals surface area contributed by atoms with Crippen LogP contribution in [0.2, 0.25) is 0 Å². The lowest BCUT2D eigenvalue weighted by Gasteiger charge is -2.13. The molecule has 8 heteroatoms. The molecule has 0 saturated heterocycles. The molecule has 28 heavy (non-hydrogen) atoms. The van der Waals surface area contributed by atoms with E-state index in [2.05, 4.69) is 10.5 Å². The summed E-state index contributed by atoms with van der Waals surface area (Å²) in [6, 6.07) is 9.85. The number of methoxy groups -OCH3 is 1. The summed E-state index contributed by atoms with van der Waals surface area (Å²) in [6.45, 7) is 3.53. The van der Waals surface area contributed by atoms with Crippen LogP contribution >= 0.6 is 0 Å². The molecule has 2 aromatic carbocycles. The topological polar surface area (TPSA) is 94.1 Å². The zero-order valence-electron chi connectivity index (χ0n) is 15.9. The Balaban J connectivity index is 1.79. The first kappa shape index (κ1) is 19.9. The smallest absolute Gasteiger partial charge is 0.339 e. The van der Waals surface area contributed by atoms with Crippen LogP contribution in [0, 0.1) is 19.8 Å². The molecule has 148 valence electrons. The summed E-state index contributed by atoms with van der Waals surface area (Å²) in [4.78, 5) is 11.7. The Morgan fingerprint density at radius 1 is 1.14 bits per heavy atom. The molecule has 1 saturated carbocycles. The van der Waals surface area contributed by atoms with Gasteiger partial charge in [-0.3, -0.25) is 4.79 Å². The number of ether oxygens (including phenoxy) is 1. The number of benzene rings is 2. The van der Waals surface area contributed by atoms with Crippen molar-refractivity contribution in [3.63, 3.8) is 0 Å². The van der Waals surface area contributed by atoms with E-state index in [1.807, 2.05) is 13.0 Å². The number of nitrogens with zero attached hydrogens (tertiary/aromatic N) is 1. The number of hydrogen-bond donors (Lipinski definition) is 1. The van der Waals surface area contributed by atoms with Gasteiger partial charge < -0.3 is 8.92 Å². The summed E-state index contributed by atoms with van der Waals surface area (Å²) < 4.78 is 36.0. The predicted octanol–water partition coefficient (Wildman–Crippen LogP) is 2.94. The number of carbonyl (C=O) groups excluding carboxylic acids is 1. The molecular weight excluding hydrogens is 380 g/mol. The quantitative estimate of drug-likeness (QED) is 0.437. The van der Waals surface area contributed by atoms with Gasteiger partial charge in [0.2, 0.25) is 5.91 Å². The molecule has 7 nitrogen and oxygen atoms in total. The van der Waals surface area contributed by atoms with E-state index in [0.29, 0.717) is 11.1 Å². The van der Waals surface area contributed by atoms with Crippen LogP contribution in [-0.2, 0) is 14.9 Å². The van der Waals surface area contributed by atoms with Crippen LogP contribution in [0.4, 0.5) is 0 Å². The van der Waals surface area contributed by atoms with E-state index in [1.54, 1.807) is 31.2 Å². The number of amides is 1. The molecule has 1 aliphatic rings. The fourth-order valence-electron chi connectivity index (χ4n) is 2.58. The summed E-state index contributed by atoms with van der Waals surface area (Å²) in [5, 5.41) is 3.91. The van der Waals surface area contributed by atoms with E-state index in [0.717, 1.165) is 18.4 Å². The van der Waals surface area contributed by atoms with Gasteiger partial charge in [-0.2, -0.15) is 13.5 Å². The maximum atomic E-state index is 12.7. The Bertz CT molecular complexity index is 1030. The Kier molecular flexibility index (Phi) is 5.69. The van der Waals surface area contributed by atoms with Gasteiger partial charge in [-0.05, 0) is 67.6 Å². The van der Waals surface area contributed by atoms with Gasteiger partial charge in [-0.15, -0.1) is 0 Å². The fraction of sp³-hybridized carbons (Fsp3) is 0.300. The van der Waals surface area contributed by atoms with E-state index < -0.39 is 10.1 Å². The molecule has 0 unspecified atom stereocenters. The lowest BCUT2D eigenvalue weighted by Crippen LogP contribution is -2.18. The predicted molar refractivity (Wildman–Crippen MR) is 105 cm³/mol. The Morgan fingerprint density at radius 2 is 1.89 bits per heavy atom. The van der Waals surface area contributed by atoms with Gasteiger partial charge >= 0.3 is 10.1 Å². The number of hydrazone groups is 1. The zero-order valence-corrected chi connectivity index (χ0v) is 16.7. The van der Waals surface area contributed by atoms with Crippen LogP contribution in [0.15, 0.2) is 46.4 Å². The van der Waals surface area contributed by atoms with Gasteiger partial charge in [-0.25, -0.2) is 5.43 Å². The molecule has 3 rings (SSSR count). The number of aryl methyl sites for hydroxylation is 2. The van der Waals surface area contributed by atoms with Crippen molar-refractivity contribution in [1.82, 2.24) is 5.43 Å². The van der Waals surface area contributed by atoms with Crippen molar-refractivity contribution in [2.45, 2.75) is 31.6 Å². The van der Waals surface area contributed by atoms with Crippen molar-refractivity contribution in [2.75, 3.05) is 7.11 Å². The van der Waals surface area contributed by atoms with Gasteiger partial charge in [-0.1, -0.05) is 12.1 Å². The van der Waals surface area contributed by atoms with Crippen LogP contribution in [0.1, 0.15) is 29.5 Å². The highest BCUT2D eigenvalue weighted by Crippen LogP contribution is 2.31. The van der Waals surface area contributed by atoms with Crippen molar-refractivity contribution < 1.29 is 22.1 Å². The monoisotopic (exact) mass is 402 g/mol. The molecule has 0 bridgehead atoms. The average molecular weight is 402 g/mol. The van der Waals surface area contributed by atoms with Gasteiger partial charge in [0.15, 0.2) is 11.5 Å². The second kappa shape index (κ2) is 8.02. The van der Waals surface area contributed by atoms with Crippen LogP contribution < -0.4 is 14.3 Å². The lowest BCUT2D eigenvalue weighted by molar-refractivity contribution is -0.122. The largest absolute Gasteiger partial charge is 0.493 e. The van der Waals surface area contributed by atoms with Crippen LogP contribution in [-0.4, -0.2) is 27.6 Å². The van der Waals surface area contributed by atoms with E-state index in [1.165, 1.54) is 19.4 Å². The summed E-state index contributed by atoms with van der Waals surface area (Å²) in [6.07, 6.45) is 3.26. The van der Waals surface area contributed by atoms with Crippen LogP contribution in [0.5, 0.6) is 11.5 Å². The number of carbonyl (C=O) groups is 1. The first-order valence-electron chi connectivity index (χ1n) is 8.83. The van der Waals surface area contributed by atoms with Gasteiger partial charge in [0.05, 0.1) is 13.3 Å². The SMILES string of the molecule is COc1cc(/C=N\NC(=O)C2CC2)ccc1OS(=O)(=O)c1cc(C)ccc1C. The molecule has 0 spiro atoms. The third-order valence-electron chi connectivity index (χ3n) is 4.34. The Morgan fingerprint density at radius 3 is 2.57 bits per heavy atom. The minimum absolute atomic E-state index is 0.0674. The van der Waals surface area contributed by atoms with Gasteiger partial charge in [0, 0.05) is 5.92 Å². The normalized spacial score (nSPS) is 14.1. The summed E-state index contributed by atoms with van der Waals surface area (Å²) in [5.74, 6) is 0.287. The first-order chi connectivity index (χ1) is 13.3. The van der Waals surface area contributed by atoms with Crippen molar-refractivity contribution in [2.24, 2.45) is 11.0 Å². The number of nitrogens with one attached hydrogen (secondary N) is 1. The first-order valence-corrected chi connectivity index (χ1v) is 10.2. The molecular formula is C20H22N2O5S. The maximum Gasteiger partial charge on any atom is 0.339 e. The highest BCUT2D eigenvalue weighted by Gasteiger charge is 2.29. The second-order valence-corrected chi connectivity index (χ2v) is 8.24. The molecule has 0 atom stereocenters. The van der Waals surface area contributed by atoms with Crippen molar-refractivity contribution >= 4 is 22.2 Å². The molecule has 0 aliphatic heterocycles. The number of hydrogen-bond acceptors (Lipinski definition) is 6. The van der Waals surface area contributed by atoms with E-state index >= 15 is 0 Å². The molecule has 1 amide bonds. The van der Waals surface area contributed by atoms with Crippen molar-refractivity contribution in [1.29, 1.82) is 0 Å². The minimum Gasteiger partial charge on any atom is -0.493 e.